The highest BCUT2D eigenvalue weighted by Gasteiger charge is 2.38. The van der Waals surface area contributed by atoms with Crippen molar-refractivity contribution in [2.45, 2.75) is 45.5 Å². The van der Waals surface area contributed by atoms with Crippen LogP contribution in [0.1, 0.15) is 26.3 Å². The molecule has 5 N–H and O–H groups in total. The van der Waals surface area contributed by atoms with Crippen LogP contribution in [0.5, 0.6) is 5.75 Å². The fourth-order valence-electron chi connectivity index (χ4n) is 1.87. The largest absolute Gasteiger partial charge is 0.495 e. The zero-order chi connectivity index (χ0) is 23.9. The van der Waals surface area contributed by atoms with E-state index in [1.165, 1.54) is 7.11 Å². The number of hydrogen-bond acceptors (Lipinski definition) is 5. The van der Waals surface area contributed by atoms with Crippen molar-refractivity contribution in [3.63, 3.8) is 0 Å². The molecule has 0 aliphatic carbocycles. The first-order chi connectivity index (χ1) is 13.5. The maximum Gasteiger partial charge on any atom is 0.490 e. The van der Waals surface area contributed by atoms with Gasteiger partial charge in [-0.05, 0) is 44.9 Å². The third kappa shape index (κ3) is 8.46. The quantitative estimate of drug-likeness (QED) is 0.494. The minimum atomic E-state index is -5.08. The predicted octanol–water partition coefficient (Wildman–Crippen LogP) is 2.47. The van der Waals surface area contributed by atoms with Crippen LogP contribution in [0.15, 0.2) is 18.2 Å². The molecule has 30 heavy (non-hydrogen) atoms. The van der Waals surface area contributed by atoms with Gasteiger partial charge < -0.3 is 26.0 Å². The van der Waals surface area contributed by atoms with Gasteiger partial charge >= 0.3 is 18.1 Å². The van der Waals surface area contributed by atoms with E-state index in [2.05, 4.69) is 5.32 Å². The first kappa shape index (κ1) is 27.5. The Morgan fingerprint density at radius 1 is 1.20 bits per heavy atom. The lowest BCUT2D eigenvalue weighted by Gasteiger charge is -2.29. The van der Waals surface area contributed by atoms with Gasteiger partial charge in [0.1, 0.15) is 5.75 Å². The molecule has 12 heteroatoms. The van der Waals surface area contributed by atoms with Crippen LogP contribution in [0.25, 0.3) is 0 Å². The summed E-state index contributed by atoms with van der Waals surface area (Å²) in [4.78, 5) is 32.2. The molecule has 1 aromatic rings. The highest BCUT2D eigenvalue weighted by Crippen LogP contribution is 2.25. The van der Waals surface area contributed by atoms with Gasteiger partial charge in [-0.3, -0.25) is 9.59 Å². The van der Waals surface area contributed by atoms with Crippen molar-refractivity contribution in [2.24, 2.45) is 11.1 Å². The average molecular weight is 457 g/mol. The van der Waals surface area contributed by atoms with Crippen LogP contribution in [0.4, 0.5) is 13.2 Å². The Morgan fingerprint density at radius 2 is 1.70 bits per heavy atom. The Kier molecular flexibility index (Phi) is 10.1. The number of rotatable bonds is 7. The van der Waals surface area contributed by atoms with Crippen molar-refractivity contribution in [3.05, 3.63) is 28.8 Å². The Labute approximate surface area is 176 Å². The maximum absolute atomic E-state index is 12.1. The summed E-state index contributed by atoms with van der Waals surface area (Å²) in [5.41, 5.74) is 5.61. The number of hydrogen-bond donors (Lipinski definition) is 4. The van der Waals surface area contributed by atoms with Crippen molar-refractivity contribution in [1.82, 2.24) is 5.32 Å². The van der Waals surface area contributed by atoms with Crippen LogP contribution in [-0.4, -0.2) is 53.4 Å². The average Bonchev–Trinajstić information content (AvgIpc) is 2.61. The van der Waals surface area contributed by atoms with Gasteiger partial charge in [0, 0.05) is 6.04 Å². The zero-order valence-corrected chi connectivity index (χ0v) is 17.5. The number of carbonyl (C=O) groups excluding carboxylic acids is 1. The van der Waals surface area contributed by atoms with Crippen molar-refractivity contribution in [2.75, 3.05) is 7.11 Å². The van der Waals surface area contributed by atoms with E-state index in [0.29, 0.717) is 10.8 Å². The lowest BCUT2D eigenvalue weighted by atomic mass is 9.85. The van der Waals surface area contributed by atoms with Crippen molar-refractivity contribution in [1.29, 1.82) is 0 Å². The third-order valence-electron chi connectivity index (χ3n) is 4.24. The van der Waals surface area contributed by atoms with Crippen LogP contribution in [0.3, 0.4) is 0 Å². The van der Waals surface area contributed by atoms with Crippen LogP contribution in [0.2, 0.25) is 5.02 Å². The lowest BCUT2D eigenvalue weighted by Crippen LogP contribution is -2.52. The van der Waals surface area contributed by atoms with Crippen molar-refractivity contribution in [3.8, 4) is 5.75 Å². The number of nitrogens with one attached hydrogen (secondary N) is 1. The number of carboxylic acid groups (broad SMARTS) is 2. The van der Waals surface area contributed by atoms with Gasteiger partial charge in [0.05, 0.1) is 23.6 Å². The number of carboxylic acids is 2. The topological polar surface area (TPSA) is 139 Å². The molecule has 1 amide bonds. The summed E-state index contributed by atoms with van der Waals surface area (Å²) in [6, 6.07) is 3.82. The molecule has 0 aliphatic rings. The van der Waals surface area contributed by atoms with Gasteiger partial charge in [0.2, 0.25) is 5.91 Å². The number of halogens is 4. The molecule has 0 aromatic heterocycles. The van der Waals surface area contributed by atoms with Gasteiger partial charge in [0.15, 0.2) is 0 Å². The van der Waals surface area contributed by atoms with E-state index in [-0.39, 0.29) is 6.42 Å². The summed E-state index contributed by atoms with van der Waals surface area (Å²) in [6.07, 6.45) is -4.80. The first-order valence-electron chi connectivity index (χ1n) is 8.45. The summed E-state index contributed by atoms with van der Waals surface area (Å²) in [7, 11) is 1.52. The fraction of sp³-hybridized carbons (Fsp3) is 0.500. The van der Waals surface area contributed by atoms with Crippen molar-refractivity contribution < 1.29 is 42.5 Å². The Hall–Kier alpha value is -2.53. The van der Waals surface area contributed by atoms with Crippen molar-refractivity contribution >= 4 is 29.4 Å². The second-order valence-corrected chi connectivity index (χ2v) is 7.25. The van der Waals surface area contributed by atoms with E-state index in [1.54, 1.807) is 39.0 Å². The molecular formula is C18H24ClF3N2O6. The predicted molar refractivity (Wildman–Crippen MR) is 102 cm³/mol. The highest BCUT2D eigenvalue weighted by molar-refractivity contribution is 6.32. The van der Waals surface area contributed by atoms with Gasteiger partial charge in [-0.2, -0.15) is 13.2 Å². The molecule has 1 rings (SSSR count). The molecule has 0 aliphatic heterocycles. The molecule has 0 heterocycles. The molecule has 1 aromatic carbocycles. The first-order valence-corrected chi connectivity index (χ1v) is 8.83. The van der Waals surface area contributed by atoms with E-state index in [0.717, 1.165) is 5.56 Å². The summed E-state index contributed by atoms with van der Waals surface area (Å²) in [5, 5.41) is 19.4. The second kappa shape index (κ2) is 11.0. The zero-order valence-electron chi connectivity index (χ0n) is 16.7. The molecule has 0 unspecified atom stereocenters. The van der Waals surface area contributed by atoms with Gasteiger partial charge in [-0.1, -0.05) is 17.7 Å². The molecule has 0 spiro atoms. The molecule has 170 valence electrons. The molecule has 0 radical (unpaired) electrons. The minimum Gasteiger partial charge on any atom is -0.495 e. The van der Waals surface area contributed by atoms with E-state index in [9.17, 15) is 22.8 Å². The Balaban J connectivity index is 0.00000103. The fourth-order valence-corrected chi connectivity index (χ4v) is 2.15. The molecule has 8 nitrogen and oxygen atoms in total. The molecule has 2 atom stereocenters. The Morgan fingerprint density at radius 3 is 2.07 bits per heavy atom. The summed E-state index contributed by atoms with van der Waals surface area (Å²) in [5.74, 6) is -3.60. The number of nitrogens with two attached hydrogens (primary N) is 1. The second-order valence-electron chi connectivity index (χ2n) is 6.84. The van der Waals surface area contributed by atoms with Gasteiger partial charge in [0.25, 0.3) is 0 Å². The van der Waals surface area contributed by atoms with Crippen LogP contribution < -0.4 is 15.8 Å². The van der Waals surface area contributed by atoms with E-state index in [1.807, 2.05) is 0 Å². The molecule has 0 saturated heterocycles. The summed E-state index contributed by atoms with van der Waals surface area (Å²) >= 11 is 6.04. The number of alkyl halides is 3. The molecule has 0 fully saturated rings. The normalized spacial score (nSPS) is 13.4. The SMILES string of the molecule is COc1ccc(C[C@@H](N)C(=O)N[C@@H](C)C(C)(C)C(=O)O)cc1Cl.O=C(O)C(F)(F)F. The maximum atomic E-state index is 12.1. The van der Waals surface area contributed by atoms with Gasteiger partial charge in [-0.25, -0.2) is 4.79 Å². The van der Waals surface area contributed by atoms with Gasteiger partial charge in [-0.15, -0.1) is 0 Å². The number of carbonyl (C=O) groups is 3. The third-order valence-corrected chi connectivity index (χ3v) is 4.54. The number of methoxy groups -OCH3 is 1. The smallest absolute Gasteiger partial charge is 0.490 e. The summed E-state index contributed by atoms with van der Waals surface area (Å²) < 4.78 is 36.8. The van der Waals surface area contributed by atoms with Crippen LogP contribution in [0, 0.1) is 5.41 Å². The van der Waals surface area contributed by atoms with E-state index in [4.69, 9.17) is 37.1 Å². The minimum absolute atomic E-state index is 0.287. The van der Waals surface area contributed by atoms with Crippen LogP contribution >= 0.6 is 11.6 Å². The number of benzene rings is 1. The summed E-state index contributed by atoms with van der Waals surface area (Å²) in [6.45, 7) is 4.74. The molecule has 0 saturated carbocycles. The Bertz CT molecular complexity index is 771. The number of ether oxygens (including phenoxy) is 1. The van der Waals surface area contributed by atoms with E-state index < -0.39 is 41.5 Å². The monoisotopic (exact) mass is 456 g/mol. The highest BCUT2D eigenvalue weighted by atomic mass is 35.5. The van der Waals surface area contributed by atoms with Crippen LogP contribution in [-0.2, 0) is 20.8 Å². The lowest BCUT2D eigenvalue weighted by molar-refractivity contribution is -0.192. The molecule has 0 bridgehead atoms. The number of amides is 1. The standard InChI is InChI=1S/C16H23ClN2O4.C2HF3O2/c1-9(16(2,3)15(21)22)19-14(20)12(18)8-10-5-6-13(23-4)11(17)7-10;3-2(4,5)1(6)7/h5-7,9,12H,8,18H2,1-4H3,(H,19,20)(H,21,22);(H,6,7)/t9-,12+;/m0./s1. The number of aliphatic carboxylic acids is 2. The molecular weight excluding hydrogens is 433 g/mol. The van der Waals surface area contributed by atoms with E-state index >= 15 is 0 Å².